The van der Waals surface area contributed by atoms with Crippen LogP contribution < -0.4 is 16.4 Å². The van der Waals surface area contributed by atoms with Gasteiger partial charge in [-0.1, -0.05) is 12.1 Å². The van der Waals surface area contributed by atoms with E-state index in [1.165, 1.54) is 0 Å². The second-order valence-corrected chi connectivity index (χ2v) is 3.54. The van der Waals surface area contributed by atoms with E-state index >= 15 is 0 Å². The highest BCUT2D eigenvalue weighted by atomic mass is 35.5. The summed E-state index contributed by atoms with van der Waals surface area (Å²) in [6.45, 7) is 2.82. The van der Waals surface area contributed by atoms with Crippen LogP contribution in [0.4, 0.5) is 0 Å². The Bertz CT molecular complexity index is 393. The summed E-state index contributed by atoms with van der Waals surface area (Å²) in [6.07, 6.45) is 0. The van der Waals surface area contributed by atoms with Crippen molar-refractivity contribution in [2.75, 3.05) is 13.1 Å². The molecule has 4 N–H and O–H groups in total. The third-order valence-electron chi connectivity index (χ3n) is 2.24. The minimum absolute atomic E-state index is 0. The standard InChI is InChI=1S/C12H17N3O2.ClH/c1-2-14-11(16)8-15-12(17)10-5-3-9(7-13)4-6-10;/h3-6H,2,7-8,13H2,1H3,(H,14,16)(H,15,17);1H. The molecule has 1 aromatic carbocycles. The molecular formula is C12H18ClN3O2. The second-order valence-electron chi connectivity index (χ2n) is 3.54. The lowest BCUT2D eigenvalue weighted by Gasteiger charge is -2.05. The molecular weight excluding hydrogens is 254 g/mol. The summed E-state index contributed by atoms with van der Waals surface area (Å²) in [5.41, 5.74) is 6.94. The molecule has 5 nitrogen and oxygen atoms in total. The Morgan fingerprint density at radius 2 is 1.78 bits per heavy atom. The zero-order valence-corrected chi connectivity index (χ0v) is 11.0. The molecule has 100 valence electrons. The summed E-state index contributed by atoms with van der Waals surface area (Å²) in [5, 5.41) is 5.14. The van der Waals surface area contributed by atoms with Crippen LogP contribution in [-0.4, -0.2) is 24.9 Å². The van der Waals surface area contributed by atoms with Gasteiger partial charge in [0, 0.05) is 18.7 Å². The fourth-order valence-corrected chi connectivity index (χ4v) is 1.31. The van der Waals surface area contributed by atoms with Gasteiger partial charge in [0.1, 0.15) is 0 Å². The van der Waals surface area contributed by atoms with Gasteiger partial charge in [-0.25, -0.2) is 0 Å². The zero-order chi connectivity index (χ0) is 12.7. The van der Waals surface area contributed by atoms with Crippen LogP contribution in [0.1, 0.15) is 22.8 Å². The molecule has 0 atom stereocenters. The van der Waals surface area contributed by atoms with Crippen molar-refractivity contribution < 1.29 is 9.59 Å². The molecule has 0 spiro atoms. The van der Waals surface area contributed by atoms with Crippen molar-refractivity contribution in [3.05, 3.63) is 35.4 Å². The monoisotopic (exact) mass is 271 g/mol. The molecule has 1 aromatic rings. The number of halogens is 1. The maximum Gasteiger partial charge on any atom is 0.251 e. The number of likely N-dealkylation sites (N-methyl/N-ethyl adjacent to an activating group) is 1. The van der Waals surface area contributed by atoms with Crippen LogP contribution in [0.5, 0.6) is 0 Å². The molecule has 6 heteroatoms. The van der Waals surface area contributed by atoms with Crippen LogP contribution in [-0.2, 0) is 11.3 Å². The van der Waals surface area contributed by atoms with E-state index in [1.807, 2.05) is 6.92 Å². The highest BCUT2D eigenvalue weighted by molar-refractivity contribution is 5.96. The smallest absolute Gasteiger partial charge is 0.251 e. The average molecular weight is 272 g/mol. The zero-order valence-electron chi connectivity index (χ0n) is 10.2. The number of amides is 2. The van der Waals surface area contributed by atoms with Crippen LogP contribution in [0.15, 0.2) is 24.3 Å². The van der Waals surface area contributed by atoms with E-state index in [0.717, 1.165) is 5.56 Å². The van der Waals surface area contributed by atoms with Crippen molar-refractivity contribution in [1.82, 2.24) is 10.6 Å². The van der Waals surface area contributed by atoms with Gasteiger partial charge in [0.15, 0.2) is 0 Å². The van der Waals surface area contributed by atoms with Crippen LogP contribution in [0.3, 0.4) is 0 Å². The lowest BCUT2D eigenvalue weighted by molar-refractivity contribution is -0.120. The van der Waals surface area contributed by atoms with Gasteiger partial charge in [0.2, 0.25) is 5.91 Å². The van der Waals surface area contributed by atoms with Crippen molar-refractivity contribution >= 4 is 24.2 Å². The molecule has 0 aliphatic heterocycles. The molecule has 2 amide bonds. The third kappa shape index (κ3) is 5.16. The summed E-state index contributed by atoms with van der Waals surface area (Å²) in [7, 11) is 0. The van der Waals surface area contributed by atoms with Gasteiger partial charge in [0.05, 0.1) is 6.54 Å². The van der Waals surface area contributed by atoms with E-state index in [4.69, 9.17) is 5.73 Å². The first-order valence-corrected chi connectivity index (χ1v) is 5.51. The van der Waals surface area contributed by atoms with Crippen LogP contribution in [0.25, 0.3) is 0 Å². The fourth-order valence-electron chi connectivity index (χ4n) is 1.31. The van der Waals surface area contributed by atoms with Crippen molar-refractivity contribution in [2.24, 2.45) is 5.73 Å². The Morgan fingerprint density at radius 1 is 1.17 bits per heavy atom. The highest BCUT2D eigenvalue weighted by Gasteiger charge is 2.06. The van der Waals surface area contributed by atoms with Gasteiger partial charge < -0.3 is 16.4 Å². The number of rotatable bonds is 5. The number of benzene rings is 1. The largest absolute Gasteiger partial charge is 0.355 e. The van der Waals surface area contributed by atoms with Crippen LogP contribution in [0.2, 0.25) is 0 Å². The molecule has 0 aromatic heterocycles. The topological polar surface area (TPSA) is 84.2 Å². The molecule has 0 aliphatic rings. The summed E-state index contributed by atoms with van der Waals surface area (Å²) < 4.78 is 0. The predicted molar refractivity (Wildman–Crippen MR) is 72.6 cm³/mol. The van der Waals surface area contributed by atoms with Crippen molar-refractivity contribution in [1.29, 1.82) is 0 Å². The Balaban J connectivity index is 0.00000289. The molecule has 0 heterocycles. The average Bonchev–Trinajstić information content (AvgIpc) is 2.36. The number of carbonyl (C=O) groups is 2. The van der Waals surface area contributed by atoms with Crippen molar-refractivity contribution in [3.63, 3.8) is 0 Å². The second kappa shape index (κ2) is 8.49. The summed E-state index contributed by atoms with van der Waals surface area (Å²) in [6, 6.07) is 6.96. The van der Waals surface area contributed by atoms with Crippen molar-refractivity contribution in [2.45, 2.75) is 13.5 Å². The van der Waals surface area contributed by atoms with Gasteiger partial charge in [-0.05, 0) is 24.6 Å². The first-order valence-electron chi connectivity index (χ1n) is 5.51. The minimum Gasteiger partial charge on any atom is -0.355 e. The van der Waals surface area contributed by atoms with Crippen LogP contribution in [0, 0.1) is 0 Å². The van der Waals surface area contributed by atoms with Gasteiger partial charge in [-0.15, -0.1) is 12.4 Å². The Morgan fingerprint density at radius 3 is 2.28 bits per heavy atom. The number of nitrogens with two attached hydrogens (primary N) is 1. The van der Waals surface area contributed by atoms with Gasteiger partial charge >= 0.3 is 0 Å². The maximum absolute atomic E-state index is 11.6. The minimum atomic E-state index is -0.264. The normalized spacial score (nSPS) is 9.22. The van der Waals surface area contributed by atoms with E-state index in [-0.39, 0.29) is 30.8 Å². The molecule has 0 fully saturated rings. The molecule has 0 saturated carbocycles. The van der Waals surface area contributed by atoms with Crippen LogP contribution >= 0.6 is 12.4 Å². The summed E-state index contributed by atoms with van der Waals surface area (Å²) in [4.78, 5) is 22.8. The Labute approximate surface area is 113 Å². The predicted octanol–water partition coefficient (Wildman–Crippen LogP) is 0.433. The Hall–Kier alpha value is -1.59. The number of hydrogen-bond donors (Lipinski definition) is 3. The first kappa shape index (κ1) is 16.4. The lowest BCUT2D eigenvalue weighted by Crippen LogP contribution is -2.36. The van der Waals surface area contributed by atoms with Gasteiger partial charge in [-0.2, -0.15) is 0 Å². The van der Waals surface area contributed by atoms with E-state index < -0.39 is 0 Å². The molecule has 0 bridgehead atoms. The summed E-state index contributed by atoms with van der Waals surface area (Å²) in [5.74, 6) is -0.459. The maximum atomic E-state index is 11.6. The quantitative estimate of drug-likeness (QED) is 0.726. The molecule has 18 heavy (non-hydrogen) atoms. The summed E-state index contributed by atoms with van der Waals surface area (Å²) >= 11 is 0. The number of hydrogen-bond acceptors (Lipinski definition) is 3. The Kier molecular flexibility index (Phi) is 7.74. The number of carbonyl (C=O) groups excluding carboxylic acids is 2. The van der Waals surface area contributed by atoms with E-state index in [1.54, 1.807) is 24.3 Å². The first-order chi connectivity index (χ1) is 8.17. The molecule has 0 unspecified atom stereocenters. The van der Waals surface area contributed by atoms with E-state index in [2.05, 4.69) is 10.6 Å². The SMILES string of the molecule is CCNC(=O)CNC(=O)c1ccc(CN)cc1.Cl. The van der Waals surface area contributed by atoms with E-state index in [0.29, 0.717) is 18.7 Å². The van der Waals surface area contributed by atoms with E-state index in [9.17, 15) is 9.59 Å². The molecule has 1 rings (SSSR count). The molecule has 0 aliphatic carbocycles. The highest BCUT2D eigenvalue weighted by Crippen LogP contribution is 2.03. The van der Waals surface area contributed by atoms with Gasteiger partial charge in [-0.3, -0.25) is 9.59 Å². The third-order valence-corrected chi connectivity index (χ3v) is 2.24. The molecule has 0 radical (unpaired) electrons. The fraction of sp³-hybridized carbons (Fsp3) is 0.333. The number of nitrogens with one attached hydrogen (secondary N) is 2. The molecule has 0 saturated heterocycles. The van der Waals surface area contributed by atoms with Gasteiger partial charge in [0.25, 0.3) is 5.91 Å². The lowest BCUT2D eigenvalue weighted by atomic mass is 10.1. The van der Waals surface area contributed by atoms with Crippen molar-refractivity contribution in [3.8, 4) is 0 Å².